The highest BCUT2D eigenvalue weighted by Crippen LogP contribution is 2.23. The van der Waals surface area contributed by atoms with Crippen LogP contribution < -0.4 is 10.1 Å². The van der Waals surface area contributed by atoms with Gasteiger partial charge in [-0.2, -0.15) is 0 Å². The summed E-state index contributed by atoms with van der Waals surface area (Å²) < 4.78 is 7.07. The number of rotatable bonds is 4. The number of anilines is 1. The molecular weight excluding hydrogens is 356 g/mol. The van der Waals surface area contributed by atoms with Gasteiger partial charge in [0.25, 0.3) is 5.91 Å². The quantitative estimate of drug-likeness (QED) is 0.745. The predicted octanol–water partition coefficient (Wildman–Crippen LogP) is 1.91. The number of methoxy groups -OCH3 is 1. The van der Waals surface area contributed by atoms with Gasteiger partial charge < -0.3 is 15.0 Å². The molecule has 2 aromatic heterocycles. The van der Waals surface area contributed by atoms with Gasteiger partial charge in [-0.1, -0.05) is 0 Å². The van der Waals surface area contributed by atoms with Crippen LogP contribution in [0.25, 0.3) is 5.65 Å². The van der Waals surface area contributed by atoms with Crippen molar-refractivity contribution < 1.29 is 9.53 Å². The first-order valence-corrected chi connectivity index (χ1v) is 9.24. The molecule has 1 unspecified atom stereocenters. The van der Waals surface area contributed by atoms with Crippen molar-refractivity contribution in [1.82, 2.24) is 24.4 Å². The topological polar surface area (TPSA) is 75.0 Å². The van der Waals surface area contributed by atoms with E-state index in [0.717, 1.165) is 36.9 Å². The second-order valence-corrected chi connectivity index (χ2v) is 7.15. The van der Waals surface area contributed by atoms with Gasteiger partial charge in [0.2, 0.25) is 0 Å². The Hall–Kier alpha value is -2.97. The van der Waals surface area contributed by atoms with Crippen molar-refractivity contribution in [3.05, 3.63) is 54.0 Å². The highest BCUT2D eigenvalue weighted by Gasteiger charge is 2.28. The fraction of sp³-hybridized carbons (Fsp3) is 0.350. The first kappa shape index (κ1) is 18.4. The molecule has 0 saturated carbocycles. The molecule has 0 radical (unpaired) electrons. The number of ether oxygens (including phenoxy) is 1. The maximum Gasteiger partial charge on any atom is 0.257 e. The molecule has 0 bridgehead atoms. The zero-order chi connectivity index (χ0) is 19.7. The number of hydrogen-bond acceptors (Lipinski definition) is 6. The first-order chi connectivity index (χ1) is 13.5. The molecule has 3 aromatic rings. The number of benzene rings is 1. The Morgan fingerprint density at radius 3 is 2.64 bits per heavy atom. The monoisotopic (exact) mass is 380 g/mol. The van der Waals surface area contributed by atoms with Crippen molar-refractivity contribution >= 4 is 17.2 Å². The lowest BCUT2D eigenvalue weighted by atomic mass is 10.1. The molecule has 0 aliphatic carbocycles. The van der Waals surface area contributed by atoms with Crippen molar-refractivity contribution in [2.24, 2.45) is 0 Å². The van der Waals surface area contributed by atoms with E-state index in [1.165, 1.54) is 0 Å². The number of carbonyl (C=O) groups excluding carboxylic acids is 1. The molecule has 1 fully saturated rings. The van der Waals surface area contributed by atoms with Crippen LogP contribution >= 0.6 is 0 Å². The lowest BCUT2D eigenvalue weighted by Crippen LogP contribution is -2.45. The average Bonchev–Trinajstić information content (AvgIpc) is 3.13. The molecule has 1 amide bonds. The van der Waals surface area contributed by atoms with Crippen molar-refractivity contribution in [3.63, 3.8) is 0 Å². The van der Waals surface area contributed by atoms with E-state index < -0.39 is 0 Å². The molecule has 4 rings (SSSR count). The summed E-state index contributed by atoms with van der Waals surface area (Å²) in [5.74, 6) is 1.42. The van der Waals surface area contributed by atoms with E-state index in [-0.39, 0.29) is 11.9 Å². The van der Waals surface area contributed by atoms with Crippen LogP contribution in [0.1, 0.15) is 22.2 Å². The number of nitrogens with one attached hydrogen (secondary N) is 1. The molecule has 1 aromatic carbocycles. The summed E-state index contributed by atoms with van der Waals surface area (Å²) in [6, 6.07) is 11.0. The standard InChI is InChI=1S/C20H24N6O2/c1-24-10-11-25(2)17(13-24)19-23-22-18-9-4-14(12-26(18)19)20(27)21-15-5-7-16(28-3)8-6-15/h4-9,12,17H,10-11,13H2,1-3H3,(H,21,27). The van der Waals surface area contributed by atoms with Gasteiger partial charge in [0.05, 0.1) is 18.7 Å². The molecule has 28 heavy (non-hydrogen) atoms. The third-order valence-corrected chi connectivity index (χ3v) is 5.19. The number of amides is 1. The Balaban J connectivity index is 1.60. The van der Waals surface area contributed by atoms with Gasteiger partial charge in [-0.3, -0.25) is 14.1 Å². The van der Waals surface area contributed by atoms with E-state index in [0.29, 0.717) is 11.3 Å². The van der Waals surface area contributed by atoms with E-state index in [9.17, 15) is 4.79 Å². The van der Waals surface area contributed by atoms with Crippen molar-refractivity contribution in [2.45, 2.75) is 6.04 Å². The van der Waals surface area contributed by atoms with Crippen LogP contribution in [-0.4, -0.2) is 71.1 Å². The van der Waals surface area contributed by atoms with E-state index in [1.54, 1.807) is 13.2 Å². The molecule has 1 saturated heterocycles. The second kappa shape index (κ2) is 7.57. The Morgan fingerprint density at radius 1 is 1.11 bits per heavy atom. The number of nitrogens with zero attached hydrogens (tertiary/aromatic N) is 5. The summed E-state index contributed by atoms with van der Waals surface area (Å²) in [6.45, 7) is 2.87. The molecule has 1 aliphatic rings. The van der Waals surface area contributed by atoms with Crippen LogP contribution in [0.5, 0.6) is 5.75 Å². The third-order valence-electron chi connectivity index (χ3n) is 5.19. The minimum Gasteiger partial charge on any atom is -0.497 e. The van der Waals surface area contributed by atoms with E-state index in [4.69, 9.17) is 4.74 Å². The normalized spacial score (nSPS) is 18.3. The molecule has 146 valence electrons. The minimum absolute atomic E-state index is 0.133. The number of carbonyl (C=O) groups is 1. The molecular formula is C20H24N6O2. The maximum absolute atomic E-state index is 12.7. The van der Waals surface area contributed by atoms with Crippen molar-refractivity contribution in [2.75, 3.05) is 46.2 Å². The number of pyridine rings is 1. The lowest BCUT2D eigenvalue weighted by Gasteiger charge is -2.36. The first-order valence-electron chi connectivity index (χ1n) is 9.24. The number of likely N-dealkylation sites (N-methyl/N-ethyl adjacent to an activating group) is 2. The molecule has 8 heteroatoms. The summed E-state index contributed by atoms with van der Waals surface area (Å²) in [7, 11) is 5.82. The predicted molar refractivity (Wildman–Crippen MR) is 107 cm³/mol. The molecule has 1 N–H and O–H groups in total. The molecule has 1 aliphatic heterocycles. The molecule has 3 heterocycles. The maximum atomic E-state index is 12.7. The van der Waals surface area contributed by atoms with Crippen molar-refractivity contribution in [1.29, 1.82) is 0 Å². The van der Waals surface area contributed by atoms with Gasteiger partial charge in [0, 0.05) is 31.5 Å². The van der Waals surface area contributed by atoms with Crippen LogP contribution in [0.3, 0.4) is 0 Å². The van der Waals surface area contributed by atoms with Crippen LogP contribution in [-0.2, 0) is 0 Å². The summed E-state index contributed by atoms with van der Waals surface area (Å²) in [5, 5.41) is 11.6. The zero-order valence-electron chi connectivity index (χ0n) is 16.3. The summed E-state index contributed by atoms with van der Waals surface area (Å²) in [6.07, 6.45) is 1.81. The molecule has 8 nitrogen and oxygen atoms in total. The van der Waals surface area contributed by atoms with Crippen molar-refractivity contribution in [3.8, 4) is 5.75 Å². The lowest BCUT2D eigenvalue weighted by molar-refractivity contribution is 0.102. The Morgan fingerprint density at radius 2 is 1.89 bits per heavy atom. The molecule has 1 atom stereocenters. The van der Waals surface area contributed by atoms with Crippen LogP contribution in [0, 0.1) is 0 Å². The van der Waals surface area contributed by atoms with Gasteiger partial charge in [0.15, 0.2) is 11.5 Å². The van der Waals surface area contributed by atoms with E-state index in [2.05, 4.69) is 39.4 Å². The van der Waals surface area contributed by atoms with E-state index >= 15 is 0 Å². The van der Waals surface area contributed by atoms with Crippen LogP contribution in [0.4, 0.5) is 5.69 Å². The van der Waals surface area contributed by atoms with Gasteiger partial charge in [-0.15, -0.1) is 10.2 Å². The largest absolute Gasteiger partial charge is 0.497 e. The van der Waals surface area contributed by atoms with Crippen LogP contribution in [0.15, 0.2) is 42.6 Å². The number of fused-ring (bicyclic) bond motifs is 1. The van der Waals surface area contributed by atoms with Crippen LogP contribution in [0.2, 0.25) is 0 Å². The zero-order valence-corrected chi connectivity index (χ0v) is 16.3. The summed E-state index contributed by atoms with van der Waals surface area (Å²) >= 11 is 0. The van der Waals surface area contributed by atoms with Gasteiger partial charge in [-0.25, -0.2) is 0 Å². The SMILES string of the molecule is COc1ccc(NC(=O)c2ccc3nnc(C4CN(C)CCN4C)n3c2)cc1. The fourth-order valence-corrected chi connectivity index (χ4v) is 3.44. The summed E-state index contributed by atoms with van der Waals surface area (Å²) in [4.78, 5) is 17.3. The van der Waals surface area contributed by atoms with Gasteiger partial charge in [0.1, 0.15) is 5.75 Å². The summed E-state index contributed by atoms with van der Waals surface area (Å²) in [5.41, 5.74) is 2.00. The Bertz CT molecular complexity index is 984. The van der Waals surface area contributed by atoms with Gasteiger partial charge in [-0.05, 0) is 50.5 Å². The second-order valence-electron chi connectivity index (χ2n) is 7.15. The fourth-order valence-electron chi connectivity index (χ4n) is 3.44. The number of piperazine rings is 1. The third kappa shape index (κ3) is 3.56. The van der Waals surface area contributed by atoms with E-state index in [1.807, 2.05) is 40.9 Å². The smallest absolute Gasteiger partial charge is 0.257 e. The highest BCUT2D eigenvalue weighted by atomic mass is 16.5. The Labute approximate surface area is 163 Å². The number of hydrogen-bond donors (Lipinski definition) is 1. The Kier molecular flexibility index (Phi) is 4.97. The minimum atomic E-state index is -0.180. The van der Waals surface area contributed by atoms with Gasteiger partial charge >= 0.3 is 0 Å². The molecule has 0 spiro atoms. The highest BCUT2D eigenvalue weighted by molar-refractivity contribution is 6.04. The number of aromatic nitrogens is 3. The average molecular weight is 380 g/mol.